The number of ether oxygens (including phenoxy) is 3. The van der Waals surface area contributed by atoms with Crippen LogP contribution in [0.25, 0.3) is 0 Å². The lowest BCUT2D eigenvalue weighted by atomic mass is 9.76. The van der Waals surface area contributed by atoms with E-state index in [1.54, 1.807) is 6.92 Å². The molecule has 0 heterocycles. The molecule has 0 amide bonds. The number of esters is 1. The van der Waals surface area contributed by atoms with Gasteiger partial charge in [-0.1, -0.05) is 25.1 Å². The molecular formula is C36H38F6O4. The summed E-state index contributed by atoms with van der Waals surface area (Å²) in [4.78, 5) is 12.9. The molecule has 0 atom stereocenters. The maximum atomic E-state index is 15.2. The summed E-state index contributed by atoms with van der Waals surface area (Å²) >= 11 is 0. The molecule has 0 aliphatic heterocycles. The lowest BCUT2D eigenvalue weighted by Crippen LogP contribution is -2.26. The molecule has 0 N–H and O–H groups in total. The molecule has 0 bridgehead atoms. The Kier molecular flexibility index (Phi) is 10.8. The lowest BCUT2D eigenvalue weighted by Gasteiger charge is -2.30. The van der Waals surface area contributed by atoms with Crippen LogP contribution in [-0.4, -0.2) is 19.2 Å². The summed E-state index contributed by atoms with van der Waals surface area (Å²) in [7, 11) is 0. The summed E-state index contributed by atoms with van der Waals surface area (Å²) in [5.74, 6) is -9.30. The first-order valence-electron chi connectivity index (χ1n) is 16.0. The molecule has 3 aromatic carbocycles. The molecule has 248 valence electrons. The molecule has 46 heavy (non-hydrogen) atoms. The Morgan fingerprint density at radius 2 is 0.957 bits per heavy atom. The van der Waals surface area contributed by atoms with Crippen molar-refractivity contribution >= 4 is 5.97 Å². The molecule has 2 aliphatic carbocycles. The molecular weight excluding hydrogens is 610 g/mol. The van der Waals surface area contributed by atoms with Crippen molar-refractivity contribution in [2.75, 3.05) is 13.2 Å². The summed E-state index contributed by atoms with van der Waals surface area (Å²) in [5.41, 5.74) is 0.618. The largest absolute Gasteiger partial charge is 0.491 e. The first-order chi connectivity index (χ1) is 22.1. The minimum atomic E-state index is -1.26. The Labute approximate surface area is 265 Å². The fourth-order valence-electron chi connectivity index (χ4n) is 6.80. The lowest BCUT2D eigenvalue weighted by molar-refractivity contribution is -0.140. The van der Waals surface area contributed by atoms with Crippen LogP contribution in [0.1, 0.15) is 106 Å². The van der Waals surface area contributed by atoms with Crippen LogP contribution >= 0.6 is 0 Å². The predicted octanol–water partition coefficient (Wildman–Crippen LogP) is 10.0. The van der Waals surface area contributed by atoms with Crippen molar-refractivity contribution in [3.63, 3.8) is 0 Å². The van der Waals surface area contributed by atoms with E-state index in [1.165, 1.54) is 36.4 Å². The average Bonchev–Trinajstić information content (AvgIpc) is 3.06. The summed E-state index contributed by atoms with van der Waals surface area (Å²) in [6.45, 7) is 4.02. The van der Waals surface area contributed by atoms with Crippen LogP contribution in [-0.2, 0) is 4.79 Å². The van der Waals surface area contributed by atoms with Crippen LogP contribution in [0.5, 0.6) is 17.2 Å². The number of hydrogen-bond donors (Lipinski definition) is 0. The first-order valence-corrected chi connectivity index (χ1v) is 16.0. The van der Waals surface area contributed by atoms with E-state index in [4.69, 9.17) is 14.2 Å². The third-order valence-corrected chi connectivity index (χ3v) is 9.31. The van der Waals surface area contributed by atoms with Gasteiger partial charge in [0.2, 0.25) is 17.5 Å². The zero-order valence-corrected chi connectivity index (χ0v) is 26.0. The van der Waals surface area contributed by atoms with Crippen molar-refractivity contribution in [3.05, 3.63) is 88.0 Å². The molecule has 2 fully saturated rings. The third kappa shape index (κ3) is 7.00. The van der Waals surface area contributed by atoms with Crippen molar-refractivity contribution < 1.29 is 45.3 Å². The second kappa shape index (κ2) is 14.8. The normalized spacial score (nSPS) is 21.6. The highest BCUT2D eigenvalue weighted by Gasteiger charge is 2.33. The summed E-state index contributed by atoms with van der Waals surface area (Å²) < 4.78 is 104. The van der Waals surface area contributed by atoms with Gasteiger partial charge in [0.15, 0.2) is 34.7 Å². The Morgan fingerprint density at radius 1 is 0.565 bits per heavy atom. The van der Waals surface area contributed by atoms with Gasteiger partial charge in [-0.05, 0) is 117 Å². The number of benzene rings is 3. The number of carbonyl (C=O) groups excluding carboxylic acids is 1. The average molecular weight is 649 g/mol. The van der Waals surface area contributed by atoms with E-state index in [-0.39, 0.29) is 59.2 Å². The molecule has 5 rings (SSSR count). The fraction of sp³-hybridized carbons (Fsp3) is 0.472. The predicted molar refractivity (Wildman–Crippen MR) is 160 cm³/mol. The van der Waals surface area contributed by atoms with Gasteiger partial charge in [0.25, 0.3) is 0 Å². The smallest absolute Gasteiger partial charge is 0.314 e. The van der Waals surface area contributed by atoms with Gasteiger partial charge < -0.3 is 14.2 Å². The van der Waals surface area contributed by atoms with Crippen molar-refractivity contribution in [1.29, 1.82) is 0 Å². The Morgan fingerprint density at radius 3 is 1.39 bits per heavy atom. The Balaban J connectivity index is 1.17. The van der Waals surface area contributed by atoms with Crippen molar-refractivity contribution in [1.82, 2.24) is 0 Å². The Bertz CT molecular complexity index is 1540. The van der Waals surface area contributed by atoms with E-state index in [1.807, 2.05) is 6.92 Å². The van der Waals surface area contributed by atoms with Gasteiger partial charge in [-0.25, -0.2) is 13.2 Å². The van der Waals surface area contributed by atoms with Gasteiger partial charge in [0.1, 0.15) is 0 Å². The molecule has 2 aliphatic rings. The van der Waals surface area contributed by atoms with E-state index in [9.17, 15) is 22.4 Å². The van der Waals surface area contributed by atoms with Crippen molar-refractivity contribution in [2.24, 2.45) is 5.92 Å². The fourth-order valence-corrected chi connectivity index (χ4v) is 6.80. The molecule has 0 saturated heterocycles. The molecule has 3 aromatic rings. The first kappa shape index (κ1) is 33.7. The van der Waals surface area contributed by atoms with E-state index >= 15 is 8.78 Å². The van der Waals surface area contributed by atoms with Crippen molar-refractivity contribution in [2.45, 2.75) is 89.4 Å². The van der Waals surface area contributed by atoms with E-state index in [0.29, 0.717) is 57.8 Å². The van der Waals surface area contributed by atoms with Gasteiger partial charge >= 0.3 is 5.97 Å². The van der Waals surface area contributed by atoms with E-state index in [0.717, 1.165) is 0 Å². The minimum absolute atomic E-state index is 0.135. The summed E-state index contributed by atoms with van der Waals surface area (Å²) in [6.07, 6.45) is 3.91. The minimum Gasteiger partial charge on any atom is -0.491 e. The zero-order chi connectivity index (χ0) is 33.0. The maximum absolute atomic E-state index is 15.2. The van der Waals surface area contributed by atoms with E-state index < -0.39 is 52.5 Å². The van der Waals surface area contributed by atoms with Crippen LogP contribution in [0.3, 0.4) is 0 Å². The van der Waals surface area contributed by atoms with Gasteiger partial charge in [-0.2, -0.15) is 13.2 Å². The Hall–Kier alpha value is -3.69. The number of carbonyl (C=O) groups is 1. The molecule has 0 aromatic heterocycles. The molecule has 4 nitrogen and oxygen atoms in total. The second-order valence-electron chi connectivity index (χ2n) is 12.1. The molecule has 0 spiro atoms. The van der Waals surface area contributed by atoms with Crippen LogP contribution in [0.4, 0.5) is 26.3 Å². The highest BCUT2D eigenvalue weighted by molar-refractivity contribution is 5.75. The van der Waals surface area contributed by atoms with Crippen LogP contribution in [0, 0.1) is 40.8 Å². The monoisotopic (exact) mass is 648 g/mol. The number of rotatable bonds is 10. The molecule has 0 unspecified atom stereocenters. The number of halogens is 6. The molecule has 0 radical (unpaired) electrons. The standard InChI is InChI=1S/C36H38F6O4/c1-3-19-45-28-17-14-25(31(38)34(28)41)22-9-11-23(12-10-22)36(43)46-29-18-15-26(32(39)35(29)42)21-7-5-20(6-8-21)24-13-16-27(44-4-2)33(40)30(24)37/h13-18,20-23H,3-12,19H2,1-2H3. The molecule has 10 heteroatoms. The van der Waals surface area contributed by atoms with E-state index in [2.05, 4.69) is 0 Å². The van der Waals surface area contributed by atoms with Crippen molar-refractivity contribution in [3.8, 4) is 17.2 Å². The second-order valence-corrected chi connectivity index (χ2v) is 12.1. The number of hydrogen-bond acceptors (Lipinski definition) is 4. The zero-order valence-electron chi connectivity index (χ0n) is 26.0. The third-order valence-electron chi connectivity index (χ3n) is 9.31. The van der Waals surface area contributed by atoms with Crippen LogP contribution in [0.2, 0.25) is 0 Å². The highest BCUT2D eigenvalue weighted by Crippen LogP contribution is 2.44. The van der Waals surface area contributed by atoms with Gasteiger partial charge in [0.05, 0.1) is 19.1 Å². The highest BCUT2D eigenvalue weighted by atomic mass is 19.2. The quantitative estimate of drug-likeness (QED) is 0.125. The van der Waals surface area contributed by atoms with Crippen LogP contribution < -0.4 is 14.2 Å². The maximum Gasteiger partial charge on any atom is 0.314 e. The summed E-state index contributed by atoms with van der Waals surface area (Å²) in [6, 6.07) is 8.50. The van der Waals surface area contributed by atoms with Crippen LogP contribution in [0.15, 0.2) is 36.4 Å². The summed E-state index contributed by atoms with van der Waals surface area (Å²) in [5, 5.41) is 0. The van der Waals surface area contributed by atoms with Gasteiger partial charge in [-0.3, -0.25) is 4.79 Å². The van der Waals surface area contributed by atoms with Gasteiger partial charge in [0, 0.05) is 0 Å². The SMILES string of the molecule is CCCOc1ccc(C2CCC(C(=O)Oc3ccc(C4CCC(c5ccc(OCC)c(F)c5F)CC4)c(F)c3F)CC2)c(F)c1F. The van der Waals surface area contributed by atoms with Gasteiger partial charge in [-0.15, -0.1) is 0 Å². The topological polar surface area (TPSA) is 44.8 Å². The molecule has 2 saturated carbocycles.